The average Bonchev–Trinajstić information content (AvgIpc) is 3.21. The number of carbonyl (C=O) groups excluding carboxylic acids is 1. The standard InChI is InChI=1S/C21H26N4O4S/c26-20(23-15-17-2-1-10-22-14-17)24-18-3-5-19(6-4-18)30(27,28)25-11-7-21(8-12-25)9-13-29-16-21/h1-6,10,14H,7-9,11-13,15-16H2,(H2,23,24,26). The molecule has 9 heteroatoms. The second-order valence-corrected chi connectivity index (χ2v) is 9.84. The molecule has 0 bridgehead atoms. The van der Waals surface area contributed by atoms with Gasteiger partial charge in [0.15, 0.2) is 0 Å². The van der Waals surface area contributed by atoms with Crippen LogP contribution in [-0.4, -0.2) is 50.0 Å². The topological polar surface area (TPSA) is 101 Å². The Bertz CT molecular complexity index is 964. The Balaban J connectivity index is 1.32. The lowest BCUT2D eigenvalue weighted by molar-refractivity contribution is 0.109. The Morgan fingerprint density at radius 1 is 1.13 bits per heavy atom. The Morgan fingerprint density at radius 3 is 2.53 bits per heavy atom. The summed E-state index contributed by atoms with van der Waals surface area (Å²) in [5, 5.41) is 5.45. The maximum Gasteiger partial charge on any atom is 0.319 e. The van der Waals surface area contributed by atoms with Gasteiger partial charge in [0.05, 0.1) is 11.5 Å². The van der Waals surface area contributed by atoms with Crippen LogP contribution < -0.4 is 10.6 Å². The highest BCUT2D eigenvalue weighted by Crippen LogP contribution is 2.40. The van der Waals surface area contributed by atoms with Crippen molar-refractivity contribution >= 4 is 21.7 Å². The van der Waals surface area contributed by atoms with E-state index >= 15 is 0 Å². The molecule has 0 aliphatic carbocycles. The molecule has 0 unspecified atom stereocenters. The number of aromatic nitrogens is 1. The third kappa shape index (κ3) is 4.63. The maximum absolute atomic E-state index is 13.0. The SMILES string of the molecule is O=C(NCc1cccnc1)Nc1ccc(S(=O)(=O)N2CCC3(CCOC3)CC2)cc1. The molecule has 8 nitrogen and oxygen atoms in total. The number of anilines is 1. The van der Waals surface area contributed by atoms with E-state index in [1.807, 2.05) is 6.07 Å². The number of nitrogens with one attached hydrogen (secondary N) is 2. The van der Waals surface area contributed by atoms with E-state index in [2.05, 4.69) is 15.6 Å². The van der Waals surface area contributed by atoms with Crippen LogP contribution in [0.15, 0.2) is 53.7 Å². The fraction of sp³-hybridized carbons (Fsp3) is 0.429. The number of hydrogen-bond acceptors (Lipinski definition) is 5. The van der Waals surface area contributed by atoms with E-state index < -0.39 is 10.0 Å². The third-order valence-electron chi connectivity index (χ3n) is 5.89. The van der Waals surface area contributed by atoms with Crippen molar-refractivity contribution in [3.63, 3.8) is 0 Å². The minimum atomic E-state index is -3.54. The number of sulfonamides is 1. The van der Waals surface area contributed by atoms with Crippen LogP contribution >= 0.6 is 0 Å². The highest BCUT2D eigenvalue weighted by atomic mass is 32.2. The van der Waals surface area contributed by atoms with Gasteiger partial charge < -0.3 is 15.4 Å². The van der Waals surface area contributed by atoms with Crippen molar-refractivity contribution < 1.29 is 17.9 Å². The van der Waals surface area contributed by atoms with E-state index in [1.165, 1.54) is 12.1 Å². The van der Waals surface area contributed by atoms with Gasteiger partial charge in [0, 0.05) is 44.3 Å². The lowest BCUT2D eigenvalue weighted by atomic mass is 9.79. The summed E-state index contributed by atoms with van der Waals surface area (Å²) >= 11 is 0. The van der Waals surface area contributed by atoms with Gasteiger partial charge in [-0.1, -0.05) is 6.07 Å². The highest BCUT2D eigenvalue weighted by molar-refractivity contribution is 7.89. The molecule has 2 amide bonds. The van der Waals surface area contributed by atoms with Gasteiger partial charge >= 0.3 is 6.03 Å². The van der Waals surface area contributed by atoms with Crippen LogP contribution in [0.25, 0.3) is 0 Å². The summed E-state index contributed by atoms with van der Waals surface area (Å²) in [5.41, 5.74) is 1.57. The minimum Gasteiger partial charge on any atom is -0.381 e. The van der Waals surface area contributed by atoms with E-state index in [4.69, 9.17) is 4.74 Å². The molecule has 160 valence electrons. The van der Waals surface area contributed by atoms with Gasteiger partial charge in [0.2, 0.25) is 10.0 Å². The van der Waals surface area contributed by atoms with Crippen molar-refractivity contribution in [2.24, 2.45) is 5.41 Å². The molecule has 2 saturated heterocycles. The molecule has 1 spiro atoms. The third-order valence-corrected chi connectivity index (χ3v) is 7.81. The number of rotatable bonds is 5. The van der Waals surface area contributed by atoms with Crippen molar-refractivity contribution in [1.82, 2.24) is 14.6 Å². The molecule has 2 aromatic rings. The molecule has 2 aliphatic heterocycles. The lowest BCUT2D eigenvalue weighted by Crippen LogP contribution is -2.43. The number of carbonyl (C=O) groups is 1. The number of nitrogens with zero attached hydrogens (tertiary/aromatic N) is 2. The fourth-order valence-electron chi connectivity index (χ4n) is 3.96. The molecule has 0 saturated carbocycles. The van der Waals surface area contributed by atoms with Gasteiger partial charge in [0.1, 0.15) is 0 Å². The van der Waals surface area contributed by atoms with Gasteiger partial charge in [-0.2, -0.15) is 4.31 Å². The molecular formula is C21H26N4O4S. The molecule has 1 aromatic heterocycles. The number of pyridine rings is 1. The maximum atomic E-state index is 13.0. The first kappa shape index (κ1) is 20.8. The molecule has 0 radical (unpaired) electrons. The molecular weight excluding hydrogens is 404 g/mol. The summed E-state index contributed by atoms with van der Waals surface area (Å²) in [6.45, 7) is 2.90. The van der Waals surface area contributed by atoms with Crippen molar-refractivity contribution in [1.29, 1.82) is 0 Å². The summed E-state index contributed by atoms with van der Waals surface area (Å²) in [7, 11) is -3.54. The van der Waals surface area contributed by atoms with Crippen LogP contribution in [0, 0.1) is 5.41 Å². The van der Waals surface area contributed by atoms with Crippen LogP contribution in [0.1, 0.15) is 24.8 Å². The summed E-state index contributed by atoms with van der Waals surface area (Å²) in [5.74, 6) is 0. The zero-order chi connectivity index (χ0) is 21.0. The van der Waals surface area contributed by atoms with Crippen LogP contribution in [0.2, 0.25) is 0 Å². The second-order valence-electron chi connectivity index (χ2n) is 7.90. The first-order valence-corrected chi connectivity index (χ1v) is 11.5. The molecule has 2 fully saturated rings. The molecule has 4 rings (SSSR count). The van der Waals surface area contributed by atoms with Crippen LogP contribution in [0.3, 0.4) is 0 Å². The van der Waals surface area contributed by atoms with Gasteiger partial charge in [-0.15, -0.1) is 0 Å². The minimum absolute atomic E-state index is 0.156. The second kappa shape index (κ2) is 8.71. The predicted molar refractivity (Wildman–Crippen MR) is 112 cm³/mol. The monoisotopic (exact) mass is 430 g/mol. The van der Waals surface area contributed by atoms with Crippen LogP contribution in [0.4, 0.5) is 10.5 Å². The first-order chi connectivity index (χ1) is 14.5. The number of hydrogen-bond donors (Lipinski definition) is 2. The molecule has 2 N–H and O–H groups in total. The van der Waals surface area contributed by atoms with E-state index in [1.54, 1.807) is 34.9 Å². The van der Waals surface area contributed by atoms with E-state index in [9.17, 15) is 13.2 Å². The molecule has 2 aliphatic rings. The van der Waals surface area contributed by atoms with Crippen molar-refractivity contribution in [3.05, 3.63) is 54.4 Å². The van der Waals surface area contributed by atoms with Crippen molar-refractivity contribution in [2.45, 2.75) is 30.7 Å². The predicted octanol–water partition coefficient (Wildman–Crippen LogP) is 2.59. The summed E-state index contributed by atoms with van der Waals surface area (Å²) < 4.78 is 33.0. The van der Waals surface area contributed by atoms with E-state index in [0.717, 1.165) is 38.0 Å². The van der Waals surface area contributed by atoms with Crippen molar-refractivity contribution in [2.75, 3.05) is 31.6 Å². The number of urea groups is 1. The number of benzene rings is 1. The zero-order valence-corrected chi connectivity index (χ0v) is 17.5. The first-order valence-electron chi connectivity index (χ1n) is 10.1. The summed E-state index contributed by atoms with van der Waals surface area (Å²) in [4.78, 5) is 16.3. The Hall–Kier alpha value is -2.49. The smallest absolute Gasteiger partial charge is 0.319 e. The zero-order valence-electron chi connectivity index (χ0n) is 16.7. The van der Waals surface area contributed by atoms with Crippen LogP contribution in [-0.2, 0) is 21.3 Å². The highest BCUT2D eigenvalue weighted by Gasteiger charge is 2.40. The lowest BCUT2D eigenvalue weighted by Gasteiger charge is -2.37. The normalized spacial score (nSPS) is 18.9. The molecule has 30 heavy (non-hydrogen) atoms. The Morgan fingerprint density at radius 2 is 1.90 bits per heavy atom. The van der Waals surface area contributed by atoms with Crippen LogP contribution in [0.5, 0.6) is 0 Å². The number of ether oxygens (including phenoxy) is 1. The van der Waals surface area contributed by atoms with Gasteiger partial charge in [-0.25, -0.2) is 13.2 Å². The molecule has 1 aromatic carbocycles. The van der Waals surface area contributed by atoms with Gasteiger partial charge in [-0.05, 0) is 60.6 Å². The molecule has 3 heterocycles. The quantitative estimate of drug-likeness (QED) is 0.759. The fourth-order valence-corrected chi connectivity index (χ4v) is 5.41. The largest absolute Gasteiger partial charge is 0.381 e. The number of piperidine rings is 1. The van der Waals surface area contributed by atoms with Crippen molar-refractivity contribution in [3.8, 4) is 0 Å². The number of amides is 2. The van der Waals surface area contributed by atoms with Gasteiger partial charge in [0.25, 0.3) is 0 Å². The average molecular weight is 431 g/mol. The summed E-state index contributed by atoms with van der Waals surface area (Å²) in [6.07, 6.45) is 6.04. The van der Waals surface area contributed by atoms with Gasteiger partial charge in [-0.3, -0.25) is 4.98 Å². The molecule has 0 atom stereocenters. The Labute approximate surface area is 176 Å². The summed E-state index contributed by atoms with van der Waals surface area (Å²) in [6, 6.07) is 9.59. The van der Waals surface area contributed by atoms with E-state index in [-0.39, 0.29) is 16.3 Å². The van der Waals surface area contributed by atoms with E-state index in [0.29, 0.717) is 25.3 Å². The Kier molecular flexibility index (Phi) is 6.03.